The van der Waals surface area contributed by atoms with E-state index < -0.39 is 11.4 Å². The van der Waals surface area contributed by atoms with Crippen molar-refractivity contribution in [2.75, 3.05) is 11.5 Å². The second-order valence-electron chi connectivity index (χ2n) is 9.32. The minimum Gasteiger partial charge on any atom is -0.454 e. The summed E-state index contributed by atoms with van der Waals surface area (Å²) in [7, 11) is 0. The number of alkyl halides is 2. The van der Waals surface area contributed by atoms with E-state index >= 15 is 0 Å². The molecular formula is C22H23Br2NO5. The average Bonchev–Trinajstić information content (AvgIpc) is 3.30. The van der Waals surface area contributed by atoms with Crippen molar-refractivity contribution in [1.82, 2.24) is 0 Å². The van der Waals surface area contributed by atoms with E-state index in [1.165, 1.54) is 11.0 Å². The zero-order valence-electron chi connectivity index (χ0n) is 16.9. The molecule has 3 aliphatic rings. The number of hydrogen-bond acceptors (Lipinski definition) is 5. The quantitative estimate of drug-likeness (QED) is 0.330. The standard InChI is InChI=1S/C22H23Br2NO5/c1-22(2,3)14(26)9-30-21(29)10-5-4-6-11(7-10)25-19(27)15-12-8-13(16(15)20(25)28)18(24)17(12)23/h4-7,12-13,15-18H,8-9H2,1-3H3/t12-,13-,15-,16+,17+,18+/m1/s1. The highest BCUT2D eigenvalue weighted by Crippen LogP contribution is 2.60. The molecule has 1 heterocycles. The van der Waals surface area contributed by atoms with Crippen molar-refractivity contribution < 1.29 is 23.9 Å². The third-order valence-corrected chi connectivity index (χ3v) is 9.70. The molecular weight excluding hydrogens is 518 g/mol. The first-order valence-electron chi connectivity index (χ1n) is 9.99. The molecule has 8 heteroatoms. The van der Waals surface area contributed by atoms with Crippen LogP contribution in [0.2, 0.25) is 0 Å². The lowest BCUT2D eigenvalue weighted by Crippen LogP contribution is -2.37. The Balaban J connectivity index is 1.53. The number of halogens is 2. The minimum absolute atomic E-state index is 0.127. The van der Waals surface area contributed by atoms with Gasteiger partial charge in [-0.1, -0.05) is 58.7 Å². The predicted molar refractivity (Wildman–Crippen MR) is 118 cm³/mol. The molecule has 30 heavy (non-hydrogen) atoms. The number of hydrogen-bond donors (Lipinski definition) is 0. The molecule has 2 aliphatic carbocycles. The molecule has 160 valence electrons. The second-order valence-corrected chi connectivity index (χ2v) is 11.4. The van der Waals surface area contributed by atoms with Gasteiger partial charge in [0.05, 0.1) is 23.1 Å². The van der Waals surface area contributed by atoms with E-state index in [1.807, 2.05) is 0 Å². The lowest BCUT2D eigenvalue weighted by molar-refractivity contribution is -0.129. The van der Waals surface area contributed by atoms with E-state index in [4.69, 9.17) is 4.74 Å². The van der Waals surface area contributed by atoms with Gasteiger partial charge in [-0.15, -0.1) is 0 Å². The smallest absolute Gasteiger partial charge is 0.338 e. The maximum Gasteiger partial charge on any atom is 0.338 e. The van der Waals surface area contributed by atoms with Gasteiger partial charge in [-0.05, 0) is 36.5 Å². The van der Waals surface area contributed by atoms with Crippen LogP contribution in [0.5, 0.6) is 0 Å². The molecule has 4 rings (SSSR count). The Morgan fingerprint density at radius 2 is 1.63 bits per heavy atom. The fourth-order valence-electron chi connectivity index (χ4n) is 4.81. The van der Waals surface area contributed by atoms with Gasteiger partial charge in [0, 0.05) is 15.1 Å². The van der Waals surface area contributed by atoms with Gasteiger partial charge in [0.2, 0.25) is 11.8 Å². The number of fused-ring (bicyclic) bond motifs is 5. The van der Waals surface area contributed by atoms with Gasteiger partial charge >= 0.3 is 5.97 Å². The molecule has 0 spiro atoms. The minimum atomic E-state index is -0.658. The third-order valence-electron chi connectivity index (χ3n) is 6.50. The van der Waals surface area contributed by atoms with E-state index in [9.17, 15) is 19.2 Å². The Hall–Kier alpha value is -1.54. The molecule has 1 aromatic carbocycles. The van der Waals surface area contributed by atoms with Crippen molar-refractivity contribution in [3.8, 4) is 0 Å². The Morgan fingerprint density at radius 3 is 2.17 bits per heavy atom. The van der Waals surface area contributed by atoms with Crippen LogP contribution in [-0.2, 0) is 19.1 Å². The van der Waals surface area contributed by atoms with Crippen LogP contribution in [0.3, 0.4) is 0 Å². The molecule has 6 atom stereocenters. The van der Waals surface area contributed by atoms with Crippen LogP contribution in [0.15, 0.2) is 24.3 Å². The van der Waals surface area contributed by atoms with Crippen LogP contribution in [0.4, 0.5) is 5.69 Å². The fraction of sp³-hybridized carbons (Fsp3) is 0.545. The van der Waals surface area contributed by atoms with Crippen LogP contribution in [0.1, 0.15) is 37.6 Å². The van der Waals surface area contributed by atoms with Crippen molar-refractivity contribution in [2.45, 2.75) is 36.8 Å². The van der Waals surface area contributed by atoms with Crippen LogP contribution in [-0.4, -0.2) is 39.8 Å². The zero-order chi connectivity index (χ0) is 22.0. The molecule has 2 bridgehead atoms. The van der Waals surface area contributed by atoms with Crippen LogP contribution in [0, 0.1) is 29.1 Å². The first-order valence-corrected chi connectivity index (χ1v) is 11.8. The SMILES string of the molecule is CC(C)(C)C(=O)COC(=O)c1cccc(N2C(=O)[C@@H]3[C@H]4C[C@@H]([C@H](Br)[C@H]4Br)[C@@H]3C2=O)c1. The van der Waals surface area contributed by atoms with Crippen molar-refractivity contribution in [1.29, 1.82) is 0 Å². The molecule has 0 unspecified atom stereocenters. The summed E-state index contributed by atoms with van der Waals surface area (Å²) < 4.78 is 5.15. The van der Waals surface area contributed by atoms with Gasteiger partial charge in [-0.2, -0.15) is 0 Å². The van der Waals surface area contributed by atoms with Gasteiger partial charge in [-0.25, -0.2) is 4.79 Å². The van der Waals surface area contributed by atoms with Gasteiger partial charge in [0.1, 0.15) is 0 Å². The number of Topliss-reactive ketones (excluding diaryl/α,β-unsaturated/α-hetero) is 1. The van der Waals surface area contributed by atoms with E-state index in [0.29, 0.717) is 5.69 Å². The second kappa shape index (κ2) is 7.55. The van der Waals surface area contributed by atoms with E-state index in [0.717, 1.165) is 6.42 Å². The Bertz CT molecular complexity index is 908. The highest BCUT2D eigenvalue weighted by Gasteiger charge is 2.66. The normalized spacial score (nSPS) is 32.5. The fourth-order valence-corrected chi connectivity index (χ4v) is 6.68. The lowest BCUT2D eigenvalue weighted by atomic mass is 9.81. The number of amides is 2. The van der Waals surface area contributed by atoms with Gasteiger partial charge in [0.15, 0.2) is 12.4 Å². The molecule has 2 saturated carbocycles. The van der Waals surface area contributed by atoms with Crippen molar-refractivity contribution in [3.05, 3.63) is 29.8 Å². The Morgan fingerprint density at radius 1 is 1.07 bits per heavy atom. The first-order chi connectivity index (χ1) is 14.0. The largest absolute Gasteiger partial charge is 0.454 e. The average molecular weight is 541 g/mol. The number of esters is 1. The molecule has 0 radical (unpaired) electrons. The summed E-state index contributed by atoms with van der Waals surface area (Å²) in [6.45, 7) is 4.95. The summed E-state index contributed by atoms with van der Waals surface area (Å²) in [6, 6.07) is 6.29. The Kier molecular flexibility index (Phi) is 5.46. The number of imide groups is 1. The van der Waals surface area contributed by atoms with Crippen molar-refractivity contribution >= 4 is 61.1 Å². The number of rotatable bonds is 4. The van der Waals surface area contributed by atoms with Crippen LogP contribution >= 0.6 is 31.9 Å². The number of benzene rings is 1. The number of carbonyl (C=O) groups excluding carboxylic acids is 4. The summed E-state index contributed by atoms with van der Waals surface area (Å²) in [4.78, 5) is 52.3. The number of nitrogens with zero attached hydrogens (tertiary/aromatic N) is 1. The lowest BCUT2D eigenvalue weighted by Gasteiger charge is -2.28. The zero-order valence-corrected chi connectivity index (χ0v) is 20.1. The molecule has 3 fully saturated rings. The maximum absolute atomic E-state index is 13.2. The van der Waals surface area contributed by atoms with Crippen molar-refractivity contribution in [3.63, 3.8) is 0 Å². The monoisotopic (exact) mass is 539 g/mol. The van der Waals surface area contributed by atoms with Crippen LogP contribution in [0.25, 0.3) is 0 Å². The summed E-state index contributed by atoms with van der Waals surface area (Å²) in [5.41, 5.74) is -0.0342. The highest BCUT2D eigenvalue weighted by molar-refractivity contribution is 9.12. The Labute approximate surface area is 192 Å². The molecule has 1 saturated heterocycles. The first kappa shape index (κ1) is 21.7. The number of anilines is 1. The molecule has 6 nitrogen and oxygen atoms in total. The van der Waals surface area contributed by atoms with Gasteiger partial charge in [0.25, 0.3) is 0 Å². The number of carbonyl (C=O) groups is 4. The summed E-state index contributed by atoms with van der Waals surface area (Å²) in [5.74, 6) is -1.63. The molecule has 1 aliphatic heterocycles. The molecule has 1 aromatic rings. The molecule has 2 amide bonds. The molecule has 0 N–H and O–H groups in total. The van der Waals surface area contributed by atoms with E-state index in [2.05, 4.69) is 31.9 Å². The summed E-state index contributed by atoms with van der Waals surface area (Å²) in [6.07, 6.45) is 0.862. The molecule has 0 aromatic heterocycles. The number of ether oxygens (including phenoxy) is 1. The topological polar surface area (TPSA) is 80.8 Å². The third kappa shape index (κ3) is 3.36. The van der Waals surface area contributed by atoms with Crippen LogP contribution < -0.4 is 4.90 Å². The number of ketones is 1. The summed E-state index contributed by atoms with van der Waals surface area (Å²) in [5, 5.41) is 0. The van der Waals surface area contributed by atoms with Crippen molar-refractivity contribution in [2.24, 2.45) is 29.1 Å². The predicted octanol–water partition coefficient (Wildman–Crippen LogP) is 3.74. The van der Waals surface area contributed by atoms with Gasteiger partial charge < -0.3 is 4.74 Å². The van der Waals surface area contributed by atoms with E-state index in [1.54, 1.807) is 39.0 Å². The summed E-state index contributed by atoms with van der Waals surface area (Å²) >= 11 is 7.35. The van der Waals surface area contributed by atoms with E-state index in [-0.39, 0.29) is 63.1 Å². The van der Waals surface area contributed by atoms with Gasteiger partial charge in [-0.3, -0.25) is 19.3 Å². The maximum atomic E-state index is 13.2. The highest BCUT2D eigenvalue weighted by atomic mass is 79.9.